The number of amides is 1. The highest BCUT2D eigenvalue weighted by atomic mass is 32.2. The predicted molar refractivity (Wildman–Crippen MR) is 104 cm³/mol. The van der Waals surface area contributed by atoms with Crippen molar-refractivity contribution in [2.24, 2.45) is 0 Å². The molecule has 1 N–H and O–H groups in total. The Kier molecular flexibility index (Phi) is 6.81. The van der Waals surface area contributed by atoms with Gasteiger partial charge in [-0.3, -0.25) is 4.79 Å². The summed E-state index contributed by atoms with van der Waals surface area (Å²) in [5.74, 6) is -2.44. The fraction of sp³-hybridized carbons (Fsp3) is 0.350. The molecule has 1 amide bonds. The van der Waals surface area contributed by atoms with Gasteiger partial charge in [-0.2, -0.15) is 4.31 Å². The highest BCUT2D eigenvalue weighted by Gasteiger charge is 2.25. The van der Waals surface area contributed by atoms with E-state index < -0.39 is 34.2 Å². The molecule has 1 heterocycles. The number of benzene rings is 2. The topological polar surface area (TPSA) is 75.7 Å². The van der Waals surface area contributed by atoms with E-state index in [4.69, 9.17) is 4.74 Å². The van der Waals surface area contributed by atoms with Crippen molar-refractivity contribution in [2.75, 3.05) is 25.0 Å². The van der Waals surface area contributed by atoms with Crippen molar-refractivity contribution >= 4 is 21.6 Å². The number of rotatable bonds is 6. The summed E-state index contributed by atoms with van der Waals surface area (Å²) < 4.78 is 58.4. The van der Waals surface area contributed by atoms with Gasteiger partial charge >= 0.3 is 0 Å². The van der Waals surface area contributed by atoms with Gasteiger partial charge in [0, 0.05) is 24.8 Å². The Balaban J connectivity index is 1.58. The fourth-order valence-corrected chi connectivity index (χ4v) is 4.59. The Hall–Kier alpha value is -2.52. The maximum Gasteiger partial charge on any atom is 0.262 e. The summed E-state index contributed by atoms with van der Waals surface area (Å²) in [5, 5.41) is 2.54. The molecule has 0 saturated carbocycles. The molecule has 0 bridgehead atoms. The number of sulfonamides is 1. The molecule has 1 aliphatic heterocycles. The number of anilines is 1. The second kappa shape index (κ2) is 9.32. The van der Waals surface area contributed by atoms with E-state index >= 15 is 0 Å². The fourth-order valence-electron chi connectivity index (χ4n) is 3.07. The van der Waals surface area contributed by atoms with E-state index in [1.54, 1.807) is 0 Å². The molecule has 1 saturated heterocycles. The molecule has 9 heteroatoms. The number of hydrogen-bond donors (Lipinski definition) is 1. The molecule has 0 radical (unpaired) electrons. The Labute approximate surface area is 168 Å². The lowest BCUT2D eigenvalue weighted by molar-refractivity contribution is -0.118. The number of carbonyl (C=O) groups excluding carboxylic acids is 1. The zero-order chi connectivity index (χ0) is 20.9. The van der Waals surface area contributed by atoms with Crippen LogP contribution in [0, 0.1) is 11.6 Å². The van der Waals surface area contributed by atoms with E-state index in [2.05, 4.69) is 5.32 Å². The summed E-state index contributed by atoms with van der Waals surface area (Å²) in [7, 11) is -3.56. The molecule has 0 atom stereocenters. The van der Waals surface area contributed by atoms with Crippen molar-refractivity contribution in [3.63, 3.8) is 0 Å². The van der Waals surface area contributed by atoms with Gasteiger partial charge < -0.3 is 10.1 Å². The third kappa shape index (κ3) is 5.51. The van der Waals surface area contributed by atoms with Crippen molar-refractivity contribution in [3.05, 3.63) is 54.1 Å². The summed E-state index contributed by atoms with van der Waals surface area (Å²) in [6.07, 6.45) is 3.76. The van der Waals surface area contributed by atoms with Crippen LogP contribution in [0.15, 0.2) is 47.4 Å². The van der Waals surface area contributed by atoms with Crippen molar-refractivity contribution < 1.29 is 26.7 Å². The Morgan fingerprint density at radius 1 is 1.00 bits per heavy atom. The van der Waals surface area contributed by atoms with Crippen LogP contribution >= 0.6 is 0 Å². The molecule has 0 spiro atoms. The first-order valence-electron chi connectivity index (χ1n) is 9.34. The maximum absolute atomic E-state index is 13.5. The van der Waals surface area contributed by atoms with Gasteiger partial charge in [0.25, 0.3) is 5.91 Å². The molecule has 0 unspecified atom stereocenters. The lowest BCUT2D eigenvalue weighted by Gasteiger charge is -2.20. The van der Waals surface area contributed by atoms with Crippen LogP contribution in [0.25, 0.3) is 0 Å². The normalized spacial score (nSPS) is 15.5. The van der Waals surface area contributed by atoms with E-state index in [1.165, 1.54) is 28.6 Å². The van der Waals surface area contributed by atoms with Gasteiger partial charge in [0.15, 0.2) is 18.2 Å². The molecule has 0 aliphatic carbocycles. The molecule has 0 aromatic heterocycles. The highest BCUT2D eigenvalue weighted by Crippen LogP contribution is 2.22. The van der Waals surface area contributed by atoms with Crippen LogP contribution in [0.5, 0.6) is 5.75 Å². The first kappa shape index (κ1) is 21.2. The molecule has 3 rings (SSSR count). The summed E-state index contributed by atoms with van der Waals surface area (Å²) >= 11 is 0. The van der Waals surface area contributed by atoms with E-state index in [9.17, 15) is 22.0 Å². The minimum atomic E-state index is -3.56. The third-order valence-corrected chi connectivity index (χ3v) is 6.51. The van der Waals surface area contributed by atoms with Crippen LogP contribution in [-0.4, -0.2) is 38.3 Å². The van der Waals surface area contributed by atoms with Crippen molar-refractivity contribution in [2.45, 2.75) is 30.6 Å². The minimum absolute atomic E-state index is 0.169. The summed E-state index contributed by atoms with van der Waals surface area (Å²) in [4.78, 5) is 12.1. The third-order valence-electron chi connectivity index (χ3n) is 4.59. The Bertz CT molecular complexity index is 957. The standard InChI is InChI=1S/C20H22F2N2O4S/c21-15-5-10-19(18(22)13-15)28-14-20(25)23-16-6-8-17(9-7-16)29(26,27)24-11-3-1-2-4-12-24/h5-10,13H,1-4,11-12,14H2,(H,23,25). The van der Waals surface area contributed by atoms with Crippen LogP contribution in [0.1, 0.15) is 25.7 Å². The molecular formula is C20H22F2N2O4S. The van der Waals surface area contributed by atoms with Gasteiger partial charge in [-0.15, -0.1) is 0 Å². The Morgan fingerprint density at radius 3 is 2.28 bits per heavy atom. The first-order chi connectivity index (χ1) is 13.9. The number of nitrogens with zero attached hydrogens (tertiary/aromatic N) is 1. The predicted octanol–water partition coefficient (Wildman–Crippen LogP) is 3.55. The number of halogens is 2. The summed E-state index contributed by atoms with van der Waals surface area (Å²) in [5.41, 5.74) is 0.382. The Morgan fingerprint density at radius 2 is 1.66 bits per heavy atom. The summed E-state index contributed by atoms with van der Waals surface area (Å²) in [6, 6.07) is 8.64. The van der Waals surface area contributed by atoms with Gasteiger partial charge in [-0.1, -0.05) is 12.8 Å². The van der Waals surface area contributed by atoms with Gasteiger partial charge in [-0.25, -0.2) is 17.2 Å². The zero-order valence-electron chi connectivity index (χ0n) is 15.7. The second-order valence-corrected chi connectivity index (χ2v) is 8.69. The van der Waals surface area contributed by atoms with Gasteiger partial charge in [0.2, 0.25) is 10.0 Å². The lowest BCUT2D eigenvalue weighted by atomic mass is 10.2. The quantitative estimate of drug-likeness (QED) is 0.770. The smallest absolute Gasteiger partial charge is 0.262 e. The van der Waals surface area contributed by atoms with E-state index in [0.717, 1.165) is 37.8 Å². The molecule has 6 nitrogen and oxygen atoms in total. The van der Waals surface area contributed by atoms with Crippen LogP contribution in [-0.2, 0) is 14.8 Å². The van der Waals surface area contributed by atoms with Gasteiger partial charge in [0.05, 0.1) is 4.90 Å². The first-order valence-corrected chi connectivity index (χ1v) is 10.8. The van der Waals surface area contributed by atoms with Crippen molar-refractivity contribution in [1.29, 1.82) is 0 Å². The SMILES string of the molecule is O=C(COc1ccc(F)cc1F)Nc1ccc(S(=O)(=O)N2CCCCCC2)cc1. The number of carbonyl (C=O) groups is 1. The summed E-state index contributed by atoms with van der Waals surface area (Å²) in [6.45, 7) is 0.548. The molecule has 2 aromatic carbocycles. The monoisotopic (exact) mass is 424 g/mol. The van der Waals surface area contributed by atoms with Crippen molar-refractivity contribution in [3.8, 4) is 5.75 Å². The minimum Gasteiger partial charge on any atom is -0.481 e. The van der Waals surface area contributed by atoms with Crippen LogP contribution in [0.3, 0.4) is 0 Å². The average molecular weight is 424 g/mol. The average Bonchev–Trinajstić information content (AvgIpc) is 2.98. The molecule has 29 heavy (non-hydrogen) atoms. The molecule has 1 fully saturated rings. The molecule has 156 valence electrons. The lowest BCUT2D eigenvalue weighted by Crippen LogP contribution is -2.31. The van der Waals surface area contributed by atoms with Gasteiger partial charge in [0.1, 0.15) is 5.82 Å². The van der Waals surface area contributed by atoms with E-state index in [-0.39, 0.29) is 10.6 Å². The van der Waals surface area contributed by atoms with Crippen LogP contribution in [0.4, 0.5) is 14.5 Å². The highest BCUT2D eigenvalue weighted by molar-refractivity contribution is 7.89. The largest absolute Gasteiger partial charge is 0.481 e. The van der Waals surface area contributed by atoms with Gasteiger partial charge in [-0.05, 0) is 49.2 Å². The molecule has 2 aromatic rings. The number of ether oxygens (including phenoxy) is 1. The van der Waals surface area contributed by atoms with Crippen LogP contribution in [0.2, 0.25) is 0 Å². The number of nitrogens with one attached hydrogen (secondary N) is 1. The van der Waals surface area contributed by atoms with E-state index in [1.807, 2.05) is 0 Å². The molecular weight excluding hydrogens is 402 g/mol. The second-order valence-electron chi connectivity index (χ2n) is 6.75. The maximum atomic E-state index is 13.5. The molecule has 1 aliphatic rings. The van der Waals surface area contributed by atoms with Crippen molar-refractivity contribution in [1.82, 2.24) is 4.31 Å². The zero-order valence-corrected chi connectivity index (χ0v) is 16.6. The van der Waals surface area contributed by atoms with E-state index in [0.29, 0.717) is 24.8 Å². The number of hydrogen-bond acceptors (Lipinski definition) is 4. The van der Waals surface area contributed by atoms with Crippen LogP contribution < -0.4 is 10.1 Å².